The molecule has 0 aromatic heterocycles. The topological polar surface area (TPSA) is 72.5 Å². The number of hydrogen-bond acceptors (Lipinski definition) is 4. The van der Waals surface area contributed by atoms with Gasteiger partial charge in [-0.05, 0) is 12.8 Å². The molecule has 0 aromatic carbocycles. The Bertz CT molecular complexity index is 200. The van der Waals surface area contributed by atoms with E-state index in [1.807, 2.05) is 0 Å². The van der Waals surface area contributed by atoms with Gasteiger partial charge in [0.1, 0.15) is 12.1 Å². The molecule has 15 heavy (non-hydrogen) atoms. The van der Waals surface area contributed by atoms with Crippen LogP contribution in [0.4, 0.5) is 13.2 Å². The van der Waals surface area contributed by atoms with Gasteiger partial charge in [-0.15, -0.1) is 12.4 Å². The minimum atomic E-state index is -4.67. The normalized spacial score (nSPS) is 15.1. The van der Waals surface area contributed by atoms with E-state index in [0.29, 0.717) is 0 Å². The second-order valence-electron chi connectivity index (χ2n) is 2.76. The molecular weight excluding hydrogens is 239 g/mol. The second kappa shape index (κ2) is 6.86. The minimum absolute atomic E-state index is 0. The summed E-state index contributed by atoms with van der Waals surface area (Å²) in [7, 11) is 1.09. The van der Waals surface area contributed by atoms with E-state index in [0.717, 1.165) is 7.11 Å². The Labute approximate surface area is 91.0 Å². The molecule has 3 N–H and O–H groups in total. The molecule has 0 heterocycles. The lowest BCUT2D eigenvalue weighted by Crippen LogP contribution is -2.35. The van der Waals surface area contributed by atoms with Crippen molar-refractivity contribution in [2.24, 2.45) is 5.73 Å². The molecule has 0 radical (unpaired) electrons. The van der Waals surface area contributed by atoms with Gasteiger partial charge in [0.05, 0.1) is 7.11 Å². The van der Waals surface area contributed by atoms with Crippen molar-refractivity contribution in [3.8, 4) is 0 Å². The van der Waals surface area contributed by atoms with Crippen LogP contribution in [0, 0.1) is 0 Å². The fourth-order valence-corrected chi connectivity index (χ4v) is 0.770. The van der Waals surface area contributed by atoms with Crippen LogP contribution in [-0.2, 0) is 9.53 Å². The Morgan fingerprint density at radius 2 is 1.93 bits per heavy atom. The van der Waals surface area contributed by atoms with Crippen molar-refractivity contribution in [2.75, 3.05) is 7.11 Å². The van der Waals surface area contributed by atoms with Crippen molar-refractivity contribution in [3.05, 3.63) is 0 Å². The van der Waals surface area contributed by atoms with E-state index in [-0.39, 0.29) is 18.8 Å². The molecule has 4 nitrogen and oxygen atoms in total. The first-order valence-corrected chi connectivity index (χ1v) is 3.87. The predicted molar refractivity (Wildman–Crippen MR) is 48.5 cm³/mol. The van der Waals surface area contributed by atoms with Crippen LogP contribution in [0.15, 0.2) is 0 Å². The summed E-state index contributed by atoms with van der Waals surface area (Å²) >= 11 is 0. The van der Waals surface area contributed by atoms with E-state index in [4.69, 9.17) is 10.8 Å². The Hall–Kier alpha value is -0.530. The van der Waals surface area contributed by atoms with Gasteiger partial charge in [-0.2, -0.15) is 13.2 Å². The van der Waals surface area contributed by atoms with Crippen LogP contribution in [-0.4, -0.2) is 36.5 Å². The third-order valence-electron chi connectivity index (χ3n) is 1.63. The molecule has 0 spiro atoms. The Morgan fingerprint density at radius 1 is 1.47 bits per heavy atom. The zero-order chi connectivity index (χ0) is 11.4. The molecule has 0 aliphatic heterocycles. The van der Waals surface area contributed by atoms with Crippen molar-refractivity contribution in [1.82, 2.24) is 0 Å². The van der Waals surface area contributed by atoms with Gasteiger partial charge in [0, 0.05) is 0 Å². The summed E-state index contributed by atoms with van der Waals surface area (Å²) in [5.41, 5.74) is 5.17. The molecule has 0 amide bonds. The summed E-state index contributed by atoms with van der Waals surface area (Å²) in [6.45, 7) is 0. The van der Waals surface area contributed by atoms with Gasteiger partial charge < -0.3 is 15.6 Å². The van der Waals surface area contributed by atoms with Crippen LogP contribution in [0.2, 0.25) is 0 Å². The largest absolute Gasteiger partial charge is 0.468 e. The maximum absolute atomic E-state index is 11.8. The number of carbonyl (C=O) groups is 1. The van der Waals surface area contributed by atoms with E-state index >= 15 is 0 Å². The number of ether oxygens (including phenoxy) is 1. The predicted octanol–water partition coefficient (Wildman–Crippen LogP) is 0.612. The molecule has 2 unspecified atom stereocenters. The van der Waals surface area contributed by atoms with Gasteiger partial charge >= 0.3 is 12.1 Å². The summed E-state index contributed by atoms with van der Waals surface area (Å²) in [5, 5.41) is 8.56. The summed E-state index contributed by atoms with van der Waals surface area (Å²) in [5.74, 6) is -0.792. The van der Waals surface area contributed by atoms with Crippen LogP contribution >= 0.6 is 12.4 Å². The summed E-state index contributed by atoms with van der Waals surface area (Å²) < 4.78 is 39.5. The number of alkyl halides is 3. The number of esters is 1. The van der Waals surface area contributed by atoms with Crippen LogP contribution < -0.4 is 5.73 Å². The second-order valence-corrected chi connectivity index (χ2v) is 2.76. The van der Waals surface area contributed by atoms with Gasteiger partial charge in [0.25, 0.3) is 0 Å². The average Bonchev–Trinajstić information content (AvgIpc) is 2.10. The molecule has 0 rings (SSSR count). The Morgan fingerprint density at radius 3 is 2.27 bits per heavy atom. The monoisotopic (exact) mass is 251 g/mol. The molecule has 0 aliphatic rings. The molecule has 0 saturated carbocycles. The zero-order valence-corrected chi connectivity index (χ0v) is 8.77. The molecular formula is C7H13ClF3NO3. The van der Waals surface area contributed by atoms with Crippen LogP contribution in [0.1, 0.15) is 12.8 Å². The molecule has 92 valence electrons. The van der Waals surface area contributed by atoms with E-state index in [1.54, 1.807) is 0 Å². The number of rotatable bonds is 4. The molecule has 0 saturated heterocycles. The van der Waals surface area contributed by atoms with Crippen molar-refractivity contribution < 1.29 is 27.8 Å². The number of aliphatic hydroxyl groups is 1. The fourth-order valence-electron chi connectivity index (χ4n) is 0.770. The third kappa shape index (κ3) is 6.53. The Balaban J connectivity index is 0. The first-order valence-electron chi connectivity index (χ1n) is 3.87. The number of halogens is 4. The molecule has 0 aliphatic carbocycles. The highest BCUT2D eigenvalue weighted by Gasteiger charge is 2.38. The van der Waals surface area contributed by atoms with Gasteiger partial charge in [0.15, 0.2) is 0 Å². The highest BCUT2D eigenvalue weighted by molar-refractivity contribution is 5.85. The maximum atomic E-state index is 11.8. The standard InChI is InChI=1S/C7H12F3NO3.ClH/c1-14-6(13)4(11)2-3-5(12)7(8,9)10;/h4-5,12H,2-3,11H2,1H3;1H. The lowest BCUT2D eigenvalue weighted by atomic mass is 10.1. The van der Waals surface area contributed by atoms with E-state index in [1.165, 1.54) is 0 Å². The highest BCUT2D eigenvalue weighted by Crippen LogP contribution is 2.23. The highest BCUT2D eigenvalue weighted by atomic mass is 35.5. The first-order chi connectivity index (χ1) is 6.29. The van der Waals surface area contributed by atoms with Gasteiger partial charge in [0.2, 0.25) is 0 Å². The summed E-state index contributed by atoms with van der Waals surface area (Å²) in [4.78, 5) is 10.7. The van der Waals surface area contributed by atoms with Gasteiger partial charge in [-0.25, -0.2) is 0 Å². The number of methoxy groups -OCH3 is 1. The van der Waals surface area contributed by atoms with Gasteiger partial charge in [-0.1, -0.05) is 0 Å². The van der Waals surface area contributed by atoms with E-state index in [2.05, 4.69) is 4.74 Å². The van der Waals surface area contributed by atoms with Crippen molar-refractivity contribution in [2.45, 2.75) is 31.2 Å². The number of carbonyl (C=O) groups excluding carboxylic acids is 1. The SMILES string of the molecule is COC(=O)C(N)CCC(O)C(F)(F)F.Cl. The zero-order valence-electron chi connectivity index (χ0n) is 7.95. The fraction of sp³-hybridized carbons (Fsp3) is 0.857. The molecule has 0 fully saturated rings. The Kier molecular flexibility index (Phi) is 7.72. The van der Waals surface area contributed by atoms with E-state index in [9.17, 15) is 18.0 Å². The van der Waals surface area contributed by atoms with Crippen LogP contribution in [0.3, 0.4) is 0 Å². The number of nitrogens with two attached hydrogens (primary N) is 1. The van der Waals surface area contributed by atoms with Crippen molar-refractivity contribution in [3.63, 3.8) is 0 Å². The van der Waals surface area contributed by atoms with Crippen molar-refractivity contribution in [1.29, 1.82) is 0 Å². The molecule has 8 heteroatoms. The smallest absolute Gasteiger partial charge is 0.414 e. The van der Waals surface area contributed by atoms with Crippen LogP contribution in [0.5, 0.6) is 0 Å². The number of hydrogen-bond donors (Lipinski definition) is 2. The van der Waals surface area contributed by atoms with Gasteiger partial charge in [-0.3, -0.25) is 4.79 Å². The summed E-state index contributed by atoms with van der Waals surface area (Å²) in [6.07, 6.45) is -8.00. The lowest BCUT2D eigenvalue weighted by molar-refractivity contribution is -0.206. The molecule has 2 atom stereocenters. The quantitative estimate of drug-likeness (QED) is 0.718. The lowest BCUT2D eigenvalue weighted by Gasteiger charge is -2.15. The first kappa shape index (κ1) is 16.9. The summed E-state index contributed by atoms with van der Waals surface area (Å²) in [6, 6.07) is -1.13. The average molecular weight is 252 g/mol. The maximum Gasteiger partial charge on any atom is 0.414 e. The minimum Gasteiger partial charge on any atom is -0.468 e. The van der Waals surface area contributed by atoms with E-state index < -0.39 is 30.7 Å². The van der Waals surface area contributed by atoms with Crippen molar-refractivity contribution >= 4 is 18.4 Å². The van der Waals surface area contributed by atoms with Crippen LogP contribution in [0.25, 0.3) is 0 Å². The third-order valence-corrected chi connectivity index (χ3v) is 1.63. The number of aliphatic hydroxyl groups excluding tert-OH is 1. The molecule has 0 aromatic rings. The molecule has 0 bridgehead atoms.